The molecular formula is C13H19NO2. The van der Waals surface area contributed by atoms with Crippen molar-refractivity contribution < 1.29 is 9.53 Å². The maximum absolute atomic E-state index is 11.9. The number of methoxy groups -OCH3 is 1. The second-order valence-electron chi connectivity index (χ2n) is 4.31. The van der Waals surface area contributed by atoms with Gasteiger partial charge in [-0.2, -0.15) is 0 Å². The Kier molecular flexibility index (Phi) is 3.93. The van der Waals surface area contributed by atoms with Crippen LogP contribution in [0.4, 0.5) is 0 Å². The van der Waals surface area contributed by atoms with Crippen molar-refractivity contribution in [2.24, 2.45) is 0 Å². The Labute approximate surface area is 97.0 Å². The Morgan fingerprint density at radius 1 is 1.31 bits per heavy atom. The molecule has 88 valence electrons. The van der Waals surface area contributed by atoms with E-state index in [1.807, 2.05) is 18.2 Å². The van der Waals surface area contributed by atoms with E-state index in [1.54, 1.807) is 26.1 Å². The lowest BCUT2D eigenvalue weighted by atomic mass is 10.00. The third-order valence-electron chi connectivity index (χ3n) is 2.53. The molecule has 0 radical (unpaired) electrons. The summed E-state index contributed by atoms with van der Waals surface area (Å²) in [6, 6.07) is 5.76. The lowest BCUT2D eigenvalue weighted by Crippen LogP contribution is -2.22. The molecule has 0 atom stereocenters. The van der Waals surface area contributed by atoms with E-state index >= 15 is 0 Å². The van der Waals surface area contributed by atoms with Crippen LogP contribution in [0.3, 0.4) is 0 Å². The van der Waals surface area contributed by atoms with Gasteiger partial charge in [-0.15, -0.1) is 0 Å². The summed E-state index contributed by atoms with van der Waals surface area (Å²) in [6.07, 6.45) is 0. The molecule has 1 rings (SSSR count). The third kappa shape index (κ3) is 2.54. The SMILES string of the molecule is COc1ccc(C(C)C)cc1C(=O)N(C)C. The summed E-state index contributed by atoms with van der Waals surface area (Å²) in [5.41, 5.74) is 1.77. The molecule has 0 fully saturated rings. The van der Waals surface area contributed by atoms with Crippen molar-refractivity contribution in [3.8, 4) is 5.75 Å². The van der Waals surface area contributed by atoms with Crippen LogP contribution in [0.1, 0.15) is 35.7 Å². The van der Waals surface area contributed by atoms with Crippen LogP contribution in [0.25, 0.3) is 0 Å². The molecule has 16 heavy (non-hydrogen) atoms. The predicted octanol–water partition coefficient (Wildman–Crippen LogP) is 2.52. The molecule has 0 aromatic heterocycles. The highest BCUT2D eigenvalue weighted by atomic mass is 16.5. The van der Waals surface area contributed by atoms with E-state index in [9.17, 15) is 4.79 Å². The van der Waals surface area contributed by atoms with Crippen molar-refractivity contribution in [1.29, 1.82) is 0 Å². The summed E-state index contributed by atoms with van der Waals surface area (Å²) >= 11 is 0. The van der Waals surface area contributed by atoms with E-state index in [2.05, 4.69) is 13.8 Å². The fourth-order valence-electron chi connectivity index (χ4n) is 1.49. The van der Waals surface area contributed by atoms with Crippen LogP contribution >= 0.6 is 0 Å². The minimum Gasteiger partial charge on any atom is -0.496 e. The van der Waals surface area contributed by atoms with Crippen LogP contribution < -0.4 is 4.74 Å². The maximum atomic E-state index is 11.9. The molecule has 1 amide bonds. The second-order valence-corrected chi connectivity index (χ2v) is 4.31. The Hall–Kier alpha value is -1.51. The number of carbonyl (C=O) groups is 1. The van der Waals surface area contributed by atoms with Crippen LogP contribution in [0.5, 0.6) is 5.75 Å². The quantitative estimate of drug-likeness (QED) is 0.785. The number of amides is 1. The van der Waals surface area contributed by atoms with Gasteiger partial charge in [0.15, 0.2) is 0 Å². The smallest absolute Gasteiger partial charge is 0.257 e. The Morgan fingerprint density at radius 2 is 1.94 bits per heavy atom. The van der Waals surface area contributed by atoms with Gasteiger partial charge in [0.1, 0.15) is 5.75 Å². The number of hydrogen-bond donors (Lipinski definition) is 0. The Morgan fingerprint density at radius 3 is 2.38 bits per heavy atom. The van der Waals surface area contributed by atoms with Gasteiger partial charge in [-0.05, 0) is 23.6 Å². The van der Waals surface area contributed by atoms with Gasteiger partial charge >= 0.3 is 0 Å². The largest absolute Gasteiger partial charge is 0.496 e. The molecule has 0 unspecified atom stereocenters. The van der Waals surface area contributed by atoms with Gasteiger partial charge in [-0.25, -0.2) is 0 Å². The molecule has 1 aromatic rings. The second kappa shape index (κ2) is 5.01. The van der Waals surface area contributed by atoms with Crippen LogP contribution in [0.15, 0.2) is 18.2 Å². The van der Waals surface area contributed by atoms with Crippen LogP contribution in [0.2, 0.25) is 0 Å². The van der Waals surface area contributed by atoms with Crippen molar-refractivity contribution in [1.82, 2.24) is 4.90 Å². The minimum atomic E-state index is -0.0284. The number of nitrogens with zero attached hydrogens (tertiary/aromatic N) is 1. The molecule has 0 saturated carbocycles. The predicted molar refractivity (Wildman–Crippen MR) is 65.1 cm³/mol. The summed E-state index contributed by atoms with van der Waals surface area (Å²) in [4.78, 5) is 13.5. The van der Waals surface area contributed by atoms with E-state index in [-0.39, 0.29) is 5.91 Å². The minimum absolute atomic E-state index is 0.0284. The van der Waals surface area contributed by atoms with E-state index in [1.165, 1.54) is 0 Å². The highest BCUT2D eigenvalue weighted by molar-refractivity contribution is 5.96. The number of benzene rings is 1. The van der Waals surface area contributed by atoms with E-state index in [0.717, 1.165) is 5.56 Å². The first kappa shape index (κ1) is 12.6. The monoisotopic (exact) mass is 221 g/mol. The first-order valence-electron chi connectivity index (χ1n) is 5.37. The molecule has 0 heterocycles. The van der Waals surface area contributed by atoms with Crippen molar-refractivity contribution in [2.45, 2.75) is 19.8 Å². The van der Waals surface area contributed by atoms with Gasteiger partial charge < -0.3 is 9.64 Å². The highest BCUT2D eigenvalue weighted by Gasteiger charge is 2.15. The third-order valence-corrected chi connectivity index (χ3v) is 2.53. The number of hydrogen-bond acceptors (Lipinski definition) is 2. The molecule has 0 bridgehead atoms. The van der Waals surface area contributed by atoms with Crippen LogP contribution in [-0.4, -0.2) is 32.0 Å². The fourth-order valence-corrected chi connectivity index (χ4v) is 1.49. The zero-order chi connectivity index (χ0) is 12.3. The van der Waals surface area contributed by atoms with Crippen molar-refractivity contribution in [2.75, 3.05) is 21.2 Å². The lowest BCUT2D eigenvalue weighted by molar-refractivity contribution is 0.0824. The lowest BCUT2D eigenvalue weighted by Gasteiger charge is -2.15. The molecule has 0 aliphatic rings. The van der Waals surface area contributed by atoms with Gasteiger partial charge in [0.05, 0.1) is 12.7 Å². The van der Waals surface area contributed by atoms with Crippen LogP contribution in [-0.2, 0) is 0 Å². The molecular weight excluding hydrogens is 202 g/mol. The topological polar surface area (TPSA) is 29.5 Å². The van der Waals surface area contributed by atoms with Crippen LogP contribution in [0, 0.1) is 0 Å². The van der Waals surface area contributed by atoms with E-state index in [4.69, 9.17) is 4.74 Å². The first-order chi connectivity index (χ1) is 7.47. The van der Waals surface area contributed by atoms with E-state index < -0.39 is 0 Å². The summed E-state index contributed by atoms with van der Waals surface area (Å²) in [7, 11) is 5.06. The molecule has 0 saturated heterocycles. The first-order valence-corrected chi connectivity index (χ1v) is 5.37. The molecule has 3 nitrogen and oxygen atoms in total. The van der Waals surface area contributed by atoms with E-state index in [0.29, 0.717) is 17.2 Å². The molecule has 0 aliphatic carbocycles. The summed E-state index contributed by atoms with van der Waals surface area (Å²) in [6.45, 7) is 4.21. The number of carbonyl (C=O) groups excluding carboxylic acids is 1. The van der Waals surface area contributed by atoms with Gasteiger partial charge in [-0.1, -0.05) is 19.9 Å². The Balaban J connectivity index is 3.22. The van der Waals surface area contributed by atoms with Crippen molar-refractivity contribution in [3.05, 3.63) is 29.3 Å². The van der Waals surface area contributed by atoms with Gasteiger partial charge in [0.2, 0.25) is 0 Å². The van der Waals surface area contributed by atoms with Crippen molar-refractivity contribution >= 4 is 5.91 Å². The summed E-state index contributed by atoms with van der Waals surface area (Å²) < 4.78 is 5.20. The van der Waals surface area contributed by atoms with Gasteiger partial charge in [-0.3, -0.25) is 4.79 Å². The molecule has 3 heteroatoms. The zero-order valence-corrected chi connectivity index (χ0v) is 10.6. The standard InChI is InChI=1S/C13H19NO2/c1-9(2)10-6-7-12(16-5)11(8-10)13(15)14(3)4/h6-9H,1-5H3. The molecule has 0 spiro atoms. The average molecular weight is 221 g/mol. The average Bonchev–Trinajstić information content (AvgIpc) is 2.26. The van der Waals surface area contributed by atoms with Gasteiger partial charge in [0.25, 0.3) is 5.91 Å². The summed E-state index contributed by atoms with van der Waals surface area (Å²) in [5.74, 6) is 1.00. The zero-order valence-electron chi connectivity index (χ0n) is 10.6. The number of ether oxygens (including phenoxy) is 1. The highest BCUT2D eigenvalue weighted by Crippen LogP contribution is 2.24. The van der Waals surface area contributed by atoms with Gasteiger partial charge in [0, 0.05) is 14.1 Å². The summed E-state index contributed by atoms with van der Waals surface area (Å²) in [5, 5.41) is 0. The normalized spacial score (nSPS) is 10.4. The number of rotatable bonds is 3. The molecule has 1 aromatic carbocycles. The molecule has 0 N–H and O–H groups in total. The van der Waals surface area contributed by atoms with Crippen molar-refractivity contribution in [3.63, 3.8) is 0 Å². The fraction of sp³-hybridized carbons (Fsp3) is 0.462. The maximum Gasteiger partial charge on any atom is 0.257 e. The molecule has 0 aliphatic heterocycles. The Bertz CT molecular complexity index is 384.